The average molecular weight is 345 g/mol. The lowest BCUT2D eigenvalue weighted by molar-refractivity contribution is -0.115. The van der Waals surface area contributed by atoms with Gasteiger partial charge in [-0.25, -0.2) is 0 Å². The molecular weight excluding hydrogens is 326 g/mol. The second-order valence-corrected chi connectivity index (χ2v) is 7.26. The third-order valence-corrected chi connectivity index (χ3v) is 5.35. The molecule has 0 saturated carbocycles. The van der Waals surface area contributed by atoms with E-state index < -0.39 is 16.0 Å². The molecule has 1 aliphatic rings. The number of amides is 1. The van der Waals surface area contributed by atoms with Crippen LogP contribution in [-0.2, 0) is 21.3 Å². The van der Waals surface area contributed by atoms with Crippen LogP contribution in [0.4, 0.5) is 5.69 Å². The topological polar surface area (TPSA) is 64.6 Å². The number of carbonyl (C=O) groups excluding carboxylic acids is 1. The molecule has 24 heavy (non-hydrogen) atoms. The van der Waals surface area contributed by atoms with Crippen molar-refractivity contribution in [3.8, 4) is 11.5 Å². The van der Waals surface area contributed by atoms with Gasteiger partial charge in [-0.1, -0.05) is 30.3 Å². The highest BCUT2D eigenvalue weighted by Crippen LogP contribution is 2.32. The van der Waals surface area contributed by atoms with Gasteiger partial charge in [0, 0.05) is 28.3 Å². The molecule has 0 fully saturated rings. The molecule has 2 aromatic carbocycles. The van der Waals surface area contributed by atoms with Crippen LogP contribution in [0.1, 0.15) is 12.5 Å². The molecule has 0 aliphatic carbocycles. The summed E-state index contributed by atoms with van der Waals surface area (Å²) < 4.78 is 23.3. The zero-order valence-corrected chi connectivity index (χ0v) is 14.2. The third kappa shape index (κ3) is 3.94. The second-order valence-electron chi connectivity index (χ2n) is 5.50. The quantitative estimate of drug-likeness (QED) is 0.905. The molecule has 0 spiro atoms. The molecule has 2 aromatic rings. The molecule has 2 unspecified atom stereocenters. The standard InChI is InChI=1S/C18H19NO4S/c1-13(24(21)12-14-5-3-2-4-6-14)18(20)19-15-7-8-16-17(11-15)23-10-9-22-16/h2-8,11,13H,9-10,12H2,1H3,(H,19,20). The first kappa shape index (κ1) is 16.5. The van der Waals surface area contributed by atoms with Crippen LogP contribution in [0.2, 0.25) is 0 Å². The number of benzene rings is 2. The van der Waals surface area contributed by atoms with Crippen molar-refractivity contribution in [2.24, 2.45) is 0 Å². The Balaban J connectivity index is 1.62. The predicted octanol–water partition coefficient (Wildman–Crippen LogP) is 2.73. The number of hydrogen-bond donors (Lipinski definition) is 1. The Kier molecular flexibility index (Phi) is 5.15. The molecule has 6 heteroatoms. The Bertz CT molecular complexity index is 748. The van der Waals surface area contributed by atoms with Crippen molar-refractivity contribution in [2.45, 2.75) is 17.9 Å². The van der Waals surface area contributed by atoms with Crippen molar-refractivity contribution < 1.29 is 18.5 Å². The van der Waals surface area contributed by atoms with Crippen LogP contribution in [0.5, 0.6) is 11.5 Å². The van der Waals surface area contributed by atoms with Crippen LogP contribution >= 0.6 is 0 Å². The van der Waals surface area contributed by atoms with Gasteiger partial charge in [-0.2, -0.15) is 0 Å². The molecule has 3 rings (SSSR count). The number of rotatable bonds is 5. The van der Waals surface area contributed by atoms with Crippen molar-refractivity contribution in [1.82, 2.24) is 0 Å². The first-order chi connectivity index (χ1) is 11.6. The fourth-order valence-electron chi connectivity index (χ4n) is 2.35. The van der Waals surface area contributed by atoms with E-state index >= 15 is 0 Å². The van der Waals surface area contributed by atoms with E-state index in [9.17, 15) is 9.00 Å². The maximum Gasteiger partial charge on any atom is 0.239 e. The van der Waals surface area contributed by atoms with Crippen LogP contribution in [0.3, 0.4) is 0 Å². The minimum Gasteiger partial charge on any atom is -0.486 e. The Hall–Kier alpha value is -2.34. The zero-order valence-electron chi connectivity index (χ0n) is 13.4. The number of carbonyl (C=O) groups is 1. The number of hydrogen-bond acceptors (Lipinski definition) is 4. The van der Waals surface area contributed by atoms with E-state index in [0.717, 1.165) is 5.56 Å². The molecule has 0 radical (unpaired) electrons. The van der Waals surface area contributed by atoms with E-state index in [1.807, 2.05) is 30.3 Å². The van der Waals surface area contributed by atoms with Gasteiger partial charge in [0.15, 0.2) is 11.5 Å². The summed E-state index contributed by atoms with van der Waals surface area (Å²) in [5.74, 6) is 1.36. The van der Waals surface area contributed by atoms with Crippen molar-refractivity contribution in [1.29, 1.82) is 0 Å². The van der Waals surface area contributed by atoms with E-state index in [1.54, 1.807) is 25.1 Å². The van der Waals surface area contributed by atoms with Gasteiger partial charge in [-0.15, -0.1) is 0 Å². The Morgan fingerprint density at radius 1 is 1.12 bits per heavy atom. The Morgan fingerprint density at radius 2 is 1.83 bits per heavy atom. The molecule has 2 atom stereocenters. The van der Waals surface area contributed by atoms with Crippen molar-refractivity contribution in [3.05, 3.63) is 54.1 Å². The van der Waals surface area contributed by atoms with E-state index in [2.05, 4.69) is 5.32 Å². The van der Waals surface area contributed by atoms with Crippen molar-refractivity contribution in [2.75, 3.05) is 18.5 Å². The SMILES string of the molecule is CC(C(=O)Nc1ccc2c(c1)OCCO2)S(=O)Cc1ccccc1. The van der Waals surface area contributed by atoms with Crippen LogP contribution in [0, 0.1) is 0 Å². The number of ether oxygens (including phenoxy) is 2. The maximum absolute atomic E-state index is 12.4. The normalized spacial score (nSPS) is 15.4. The van der Waals surface area contributed by atoms with Crippen LogP contribution in [0.25, 0.3) is 0 Å². The highest BCUT2D eigenvalue weighted by molar-refractivity contribution is 7.85. The van der Waals surface area contributed by atoms with Gasteiger partial charge in [0.1, 0.15) is 18.5 Å². The lowest BCUT2D eigenvalue weighted by Crippen LogP contribution is -2.29. The van der Waals surface area contributed by atoms with E-state index in [4.69, 9.17) is 9.47 Å². The maximum atomic E-state index is 12.4. The lowest BCUT2D eigenvalue weighted by Gasteiger charge is -2.19. The summed E-state index contributed by atoms with van der Waals surface area (Å²) in [6, 6.07) is 14.7. The monoisotopic (exact) mass is 345 g/mol. The summed E-state index contributed by atoms with van der Waals surface area (Å²) >= 11 is 0. The number of fused-ring (bicyclic) bond motifs is 1. The van der Waals surface area contributed by atoms with Gasteiger partial charge >= 0.3 is 0 Å². The smallest absolute Gasteiger partial charge is 0.239 e. The molecule has 5 nitrogen and oxygen atoms in total. The zero-order chi connectivity index (χ0) is 16.9. The fourth-order valence-corrected chi connectivity index (χ4v) is 3.42. The summed E-state index contributed by atoms with van der Waals surface area (Å²) in [6.45, 7) is 2.68. The van der Waals surface area contributed by atoms with Gasteiger partial charge in [0.2, 0.25) is 5.91 Å². The van der Waals surface area contributed by atoms with E-state index in [-0.39, 0.29) is 5.91 Å². The summed E-state index contributed by atoms with van der Waals surface area (Å²) in [6.07, 6.45) is 0. The minimum atomic E-state index is -1.29. The first-order valence-corrected chi connectivity index (χ1v) is 9.13. The predicted molar refractivity (Wildman–Crippen MR) is 93.8 cm³/mol. The Morgan fingerprint density at radius 3 is 2.58 bits per heavy atom. The molecule has 0 bridgehead atoms. The van der Waals surface area contributed by atoms with Gasteiger partial charge in [0.05, 0.1) is 0 Å². The summed E-state index contributed by atoms with van der Waals surface area (Å²) in [5.41, 5.74) is 1.56. The van der Waals surface area contributed by atoms with Crippen LogP contribution in [-0.4, -0.2) is 28.6 Å². The number of nitrogens with one attached hydrogen (secondary N) is 1. The van der Waals surface area contributed by atoms with Gasteiger partial charge in [0.25, 0.3) is 0 Å². The van der Waals surface area contributed by atoms with Gasteiger partial charge in [-0.3, -0.25) is 9.00 Å². The average Bonchev–Trinajstić information content (AvgIpc) is 2.61. The van der Waals surface area contributed by atoms with Crippen LogP contribution < -0.4 is 14.8 Å². The van der Waals surface area contributed by atoms with Crippen molar-refractivity contribution >= 4 is 22.4 Å². The van der Waals surface area contributed by atoms with E-state index in [1.165, 1.54) is 0 Å². The largest absolute Gasteiger partial charge is 0.486 e. The van der Waals surface area contributed by atoms with E-state index in [0.29, 0.717) is 36.2 Å². The highest BCUT2D eigenvalue weighted by Gasteiger charge is 2.21. The molecule has 126 valence electrons. The summed E-state index contributed by atoms with van der Waals surface area (Å²) in [5, 5.41) is 2.18. The Labute approximate surface area is 143 Å². The molecule has 1 amide bonds. The molecule has 1 aliphatic heterocycles. The highest BCUT2D eigenvalue weighted by atomic mass is 32.2. The molecule has 0 saturated heterocycles. The minimum absolute atomic E-state index is 0.277. The first-order valence-electron chi connectivity index (χ1n) is 7.75. The van der Waals surface area contributed by atoms with Crippen LogP contribution in [0.15, 0.2) is 48.5 Å². The van der Waals surface area contributed by atoms with Crippen molar-refractivity contribution in [3.63, 3.8) is 0 Å². The van der Waals surface area contributed by atoms with Gasteiger partial charge in [-0.05, 0) is 24.6 Å². The molecular formula is C18H19NO4S. The third-order valence-electron chi connectivity index (χ3n) is 3.73. The fraction of sp³-hybridized carbons (Fsp3) is 0.278. The summed E-state index contributed by atoms with van der Waals surface area (Å²) in [4.78, 5) is 12.3. The molecule has 0 aromatic heterocycles. The second kappa shape index (κ2) is 7.49. The lowest BCUT2D eigenvalue weighted by atomic mass is 10.2. The number of anilines is 1. The molecule has 1 heterocycles. The summed E-state index contributed by atoms with van der Waals surface area (Å²) in [7, 11) is -1.29. The molecule has 1 N–H and O–H groups in total. The van der Waals surface area contributed by atoms with Gasteiger partial charge < -0.3 is 14.8 Å².